The van der Waals surface area contributed by atoms with Crippen molar-refractivity contribution < 1.29 is 27.5 Å². The lowest BCUT2D eigenvalue weighted by Gasteiger charge is -2.35. The number of halogens is 1. The van der Waals surface area contributed by atoms with E-state index in [1.165, 1.54) is 18.1 Å². The molecule has 1 N–H and O–H groups in total. The van der Waals surface area contributed by atoms with E-state index >= 15 is 0 Å². The van der Waals surface area contributed by atoms with Crippen molar-refractivity contribution in [3.8, 4) is 5.75 Å². The Morgan fingerprint density at radius 1 is 0.977 bits per heavy atom. The molecule has 9 nitrogen and oxygen atoms in total. The largest absolute Gasteiger partial charge is 0.487 e. The van der Waals surface area contributed by atoms with Crippen molar-refractivity contribution in [2.75, 3.05) is 31.1 Å². The molecule has 0 bridgehead atoms. The molecule has 0 spiro atoms. The average molecular weight is 646 g/mol. The molecule has 2 heterocycles. The molecule has 0 radical (unpaired) electrons. The van der Waals surface area contributed by atoms with Gasteiger partial charge in [-0.05, 0) is 113 Å². The van der Waals surface area contributed by atoms with Gasteiger partial charge in [0, 0.05) is 37.1 Å². The molecule has 1 aliphatic carbocycles. The van der Waals surface area contributed by atoms with Crippen LogP contribution in [0.2, 0.25) is 5.02 Å². The predicted octanol–water partition coefficient (Wildman–Crippen LogP) is 6.31. The van der Waals surface area contributed by atoms with Crippen LogP contribution in [0.15, 0.2) is 41.3 Å². The Hall–Kier alpha value is -2.98. The van der Waals surface area contributed by atoms with E-state index in [4.69, 9.17) is 21.1 Å². The molecular formula is C33H44ClN3O6S. The monoisotopic (exact) mass is 645 g/mol. The van der Waals surface area contributed by atoms with Crippen LogP contribution in [0.5, 0.6) is 5.75 Å². The molecule has 0 aromatic heterocycles. The zero-order valence-corrected chi connectivity index (χ0v) is 27.5. The number of hydrogen-bond donors (Lipinski definition) is 1. The van der Waals surface area contributed by atoms with Crippen molar-refractivity contribution in [2.24, 2.45) is 11.8 Å². The molecular weight excluding hydrogens is 602 g/mol. The van der Waals surface area contributed by atoms with E-state index in [1.54, 1.807) is 37.8 Å². The number of aryl methyl sites for hydroxylation is 1. The van der Waals surface area contributed by atoms with Gasteiger partial charge >= 0.3 is 6.09 Å². The molecule has 44 heavy (non-hydrogen) atoms. The van der Waals surface area contributed by atoms with Crippen molar-refractivity contribution in [3.05, 3.63) is 52.5 Å². The minimum atomic E-state index is -4.14. The Labute approximate surface area is 266 Å². The van der Waals surface area contributed by atoms with Gasteiger partial charge in [0.25, 0.3) is 10.0 Å². The maximum absolute atomic E-state index is 13.5. The second-order valence-corrected chi connectivity index (χ2v) is 15.4. The smallest absolute Gasteiger partial charge is 0.410 e. The van der Waals surface area contributed by atoms with Crippen LogP contribution in [-0.4, -0.2) is 57.1 Å². The fourth-order valence-electron chi connectivity index (χ4n) is 6.00. The Kier molecular flexibility index (Phi) is 9.99. The predicted molar refractivity (Wildman–Crippen MR) is 171 cm³/mol. The van der Waals surface area contributed by atoms with E-state index in [1.807, 2.05) is 18.2 Å². The van der Waals surface area contributed by atoms with Gasteiger partial charge in [-0.3, -0.25) is 4.79 Å². The third-order valence-electron chi connectivity index (χ3n) is 8.71. The highest BCUT2D eigenvalue weighted by Crippen LogP contribution is 2.36. The second-order valence-electron chi connectivity index (χ2n) is 13.2. The Morgan fingerprint density at radius 2 is 1.73 bits per heavy atom. The third kappa shape index (κ3) is 8.18. The van der Waals surface area contributed by atoms with Gasteiger partial charge in [0.2, 0.25) is 5.91 Å². The summed E-state index contributed by atoms with van der Waals surface area (Å²) in [7, 11) is -4.14. The van der Waals surface area contributed by atoms with Crippen molar-refractivity contribution in [1.29, 1.82) is 0 Å². The number of fused-ring (bicyclic) bond motifs is 2. The van der Waals surface area contributed by atoms with Crippen molar-refractivity contribution in [3.63, 3.8) is 0 Å². The molecule has 11 heteroatoms. The first-order valence-electron chi connectivity index (χ1n) is 15.7. The molecule has 0 unspecified atom stereocenters. The lowest BCUT2D eigenvalue weighted by atomic mass is 9.85. The zero-order valence-electron chi connectivity index (χ0n) is 25.9. The number of piperidine rings is 1. The number of hydrogen-bond acceptors (Lipinski definition) is 7. The van der Waals surface area contributed by atoms with Crippen LogP contribution in [0.1, 0.15) is 76.8 Å². The van der Waals surface area contributed by atoms with Crippen LogP contribution in [0.25, 0.3) is 0 Å². The summed E-state index contributed by atoms with van der Waals surface area (Å²) in [5.41, 5.74) is 2.36. The quantitative estimate of drug-likeness (QED) is 0.406. The summed E-state index contributed by atoms with van der Waals surface area (Å²) in [6, 6.07) is 10.7. The molecule has 3 aliphatic rings. The number of anilines is 1. The summed E-state index contributed by atoms with van der Waals surface area (Å²) >= 11 is 6.29. The molecule has 240 valence electrons. The third-order valence-corrected chi connectivity index (χ3v) is 10.3. The molecule has 1 saturated heterocycles. The van der Waals surface area contributed by atoms with Gasteiger partial charge in [0.1, 0.15) is 18.0 Å². The lowest BCUT2D eigenvalue weighted by molar-refractivity contribution is -0.124. The Balaban J connectivity index is 1.32. The highest BCUT2D eigenvalue weighted by Gasteiger charge is 2.32. The molecule has 2 aliphatic heterocycles. The van der Waals surface area contributed by atoms with Crippen LogP contribution >= 0.6 is 11.6 Å². The van der Waals surface area contributed by atoms with Gasteiger partial charge in [0.15, 0.2) is 0 Å². The van der Waals surface area contributed by atoms with E-state index < -0.39 is 33.5 Å². The van der Waals surface area contributed by atoms with Gasteiger partial charge in [-0.1, -0.05) is 24.1 Å². The van der Waals surface area contributed by atoms with E-state index in [0.717, 1.165) is 56.4 Å². The summed E-state index contributed by atoms with van der Waals surface area (Å²) < 4.78 is 41.2. The zero-order chi connectivity index (χ0) is 31.5. The van der Waals surface area contributed by atoms with Crippen LogP contribution < -0.4 is 14.4 Å². The number of nitrogens with zero attached hydrogens (tertiary/aromatic N) is 2. The summed E-state index contributed by atoms with van der Waals surface area (Å²) in [5.74, 6) is 0.112. The highest BCUT2D eigenvalue weighted by atomic mass is 35.5. The average Bonchev–Trinajstić information content (AvgIpc) is 2.97. The first-order valence-corrected chi connectivity index (χ1v) is 17.6. The van der Waals surface area contributed by atoms with Crippen LogP contribution in [0.4, 0.5) is 10.5 Å². The fraction of sp³-hybridized carbons (Fsp3) is 0.576. The molecule has 2 aromatic carbocycles. The number of likely N-dealkylation sites (tertiary alicyclic amines) is 1. The van der Waals surface area contributed by atoms with Gasteiger partial charge in [-0.2, -0.15) is 0 Å². The number of carbonyl (C=O) groups is 2. The number of ether oxygens (including phenoxy) is 2. The van der Waals surface area contributed by atoms with Gasteiger partial charge in [0.05, 0.1) is 10.6 Å². The maximum atomic E-state index is 13.5. The summed E-state index contributed by atoms with van der Waals surface area (Å²) in [5, 5.41) is 0.705. The SMILES string of the molecule is CC(C)(C)OC(=O)N1CCC(C(=O)NS(=O)(=O)c2ccc3c(c2)N(CC2CCC2)CCCCc2cc(Cl)ccc2CO3)CC1. The van der Waals surface area contributed by atoms with Crippen molar-refractivity contribution >= 4 is 39.3 Å². The number of carbonyl (C=O) groups excluding carboxylic acids is 2. The molecule has 1 saturated carbocycles. The fourth-order valence-corrected chi connectivity index (χ4v) is 7.26. The molecule has 0 atom stereocenters. The topological polar surface area (TPSA) is 105 Å². The molecule has 2 amide bonds. The number of nitrogens with one attached hydrogen (secondary N) is 1. The maximum Gasteiger partial charge on any atom is 0.410 e. The van der Waals surface area contributed by atoms with E-state index in [-0.39, 0.29) is 4.90 Å². The number of benzene rings is 2. The number of rotatable bonds is 5. The Bertz CT molecular complexity index is 1460. The van der Waals surface area contributed by atoms with Crippen LogP contribution in [0, 0.1) is 11.8 Å². The lowest BCUT2D eigenvalue weighted by Crippen LogP contribution is -2.45. The molecule has 5 rings (SSSR count). The minimum absolute atomic E-state index is 0.0278. The van der Waals surface area contributed by atoms with E-state index in [2.05, 4.69) is 9.62 Å². The standard InChI is InChI=1S/C33H44ClN3O6S/c1-33(2,3)43-32(39)36-17-14-24(15-18-36)31(38)35-44(40,41)28-12-13-30-29(20-28)37(21-23-7-6-8-23)16-5-4-9-25-19-27(34)11-10-26(25)22-42-30/h10-13,19-20,23-24H,4-9,14-18,21-22H2,1-3H3,(H,35,38). The van der Waals surface area contributed by atoms with Crippen LogP contribution in [0.3, 0.4) is 0 Å². The number of amides is 2. The summed E-state index contributed by atoms with van der Waals surface area (Å²) in [4.78, 5) is 29.4. The van der Waals surface area contributed by atoms with Crippen molar-refractivity contribution in [2.45, 2.75) is 89.2 Å². The molecule has 2 fully saturated rings. The van der Waals surface area contributed by atoms with Crippen molar-refractivity contribution in [1.82, 2.24) is 9.62 Å². The normalized spacial score (nSPS) is 18.6. The summed E-state index contributed by atoms with van der Waals surface area (Å²) in [6.07, 6.45) is 6.66. The first-order chi connectivity index (χ1) is 20.9. The second kappa shape index (κ2) is 13.6. The van der Waals surface area contributed by atoms with Gasteiger partial charge in [-0.25, -0.2) is 17.9 Å². The van der Waals surface area contributed by atoms with Crippen LogP contribution in [-0.2, 0) is 32.6 Å². The van der Waals surface area contributed by atoms with E-state index in [0.29, 0.717) is 49.2 Å². The van der Waals surface area contributed by atoms with Gasteiger partial charge < -0.3 is 19.3 Å². The first kappa shape index (κ1) is 32.4. The minimum Gasteiger partial charge on any atom is -0.487 e. The Morgan fingerprint density at radius 3 is 2.41 bits per heavy atom. The highest BCUT2D eigenvalue weighted by molar-refractivity contribution is 7.90. The van der Waals surface area contributed by atoms with E-state index in [9.17, 15) is 18.0 Å². The van der Waals surface area contributed by atoms with Gasteiger partial charge in [-0.15, -0.1) is 0 Å². The summed E-state index contributed by atoms with van der Waals surface area (Å²) in [6.45, 7) is 8.02. The molecule has 2 aromatic rings. The number of sulfonamides is 1.